The van der Waals surface area contributed by atoms with Gasteiger partial charge >= 0.3 is 12.3 Å². The molecule has 148 valence electrons. The predicted octanol–water partition coefficient (Wildman–Crippen LogP) is 4.33. The van der Waals surface area contributed by atoms with E-state index < -0.39 is 42.3 Å². The van der Waals surface area contributed by atoms with Gasteiger partial charge in [-0.15, -0.1) is 0 Å². The summed E-state index contributed by atoms with van der Waals surface area (Å²) in [5.74, 6) is -1.30. The van der Waals surface area contributed by atoms with Crippen molar-refractivity contribution in [3.05, 3.63) is 35.9 Å². The lowest BCUT2D eigenvalue weighted by molar-refractivity contribution is -0.163. The summed E-state index contributed by atoms with van der Waals surface area (Å²) in [6.45, 7) is 5.09. The maximum absolute atomic E-state index is 13.0. The van der Waals surface area contributed by atoms with E-state index in [2.05, 4.69) is 4.99 Å². The number of halogens is 3. The average molecular weight is 384 g/mol. The predicted molar refractivity (Wildman–Crippen MR) is 94.7 cm³/mol. The maximum atomic E-state index is 13.0. The van der Waals surface area contributed by atoms with Crippen molar-refractivity contribution in [1.29, 1.82) is 0 Å². The van der Waals surface area contributed by atoms with Gasteiger partial charge in [0.15, 0.2) is 0 Å². The van der Waals surface area contributed by atoms with Crippen molar-refractivity contribution in [3.8, 4) is 0 Å². The minimum Gasteiger partial charge on any atom is -0.442 e. The Bertz CT molecular complexity index is 724. The van der Waals surface area contributed by atoms with Crippen molar-refractivity contribution >= 4 is 17.7 Å². The molecule has 1 heterocycles. The number of likely N-dealkylation sites (tertiary alicyclic amines) is 1. The highest BCUT2D eigenvalue weighted by Crippen LogP contribution is 2.34. The molecule has 0 saturated carbocycles. The third-order valence-electron chi connectivity index (χ3n) is 4.19. The number of benzene rings is 1. The van der Waals surface area contributed by atoms with Crippen molar-refractivity contribution in [2.24, 2.45) is 4.99 Å². The van der Waals surface area contributed by atoms with Crippen molar-refractivity contribution in [3.63, 3.8) is 0 Å². The smallest absolute Gasteiger partial charge is 0.434 e. The SMILES string of the molecule is C[C@@H]1[C@H](c2ccccc2)C/C(=N/C(=O)OC(C)(C)C)C(=O)N1CC(F)(F)F. The number of hydrogen-bond acceptors (Lipinski definition) is 3. The van der Waals surface area contributed by atoms with E-state index in [1.165, 1.54) is 0 Å². The third kappa shape index (κ3) is 5.80. The molecular formula is C19H23F3N2O3. The number of carbonyl (C=O) groups excluding carboxylic acids is 2. The largest absolute Gasteiger partial charge is 0.442 e. The molecule has 1 aromatic rings. The third-order valence-corrected chi connectivity index (χ3v) is 4.19. The Morgan fingerprint density at radius 2 is 1.81 bits per heavy atom. The van der Waals surface area contributed by atoms with Gasteiger partial charge in [-0.3, -0.25) is 4.79 Å². The molecule has 0 spiro atoms. The van der Waals surface area contributed by atoms with Gasteiger partial charge in [0, 0.05) is 18.4 Å². The summed E-state index contributed by atoms with van der Waals surface area (Å²) in [4.78, 5) is 29.0. The van der Waals surface area contributed by atoms with Crippen LogP contribution in [0.3, 0.4) is 0 Å². The molecule has 1 fully saturated rings. The molecule has 27 heavy (non-hydrogen) atoms. The van der Waals surface area contributed by atoms with Crippen LogP contribution in [-0.2, 0) is 9.53 Å². The van der Waals surface area contributed by atoms with Crippen LogP contribution < -0.4 is 0 Å². The summed E-state index contributed by atoms with van der Waals surface area (Å²) < 4.78 is 44.1. The summed E-state index contributed by atoms with van der Waals surface area (Å²) in [5.41, 5.74) is -0.265. The Morgan fingerprint density at radius 3 is 2.33 bits per heavy atom. The van der Waals surface area contributed by atoms with Crippen LogP contribution in [0.25, 0.3) is 0 Å². The molecule has 1 aromatic carbocycles. The highest BCUT2D eigenvalue weighted by molar-refractivity contribution is 6.41. The summed E-state index contributed by atoms with van der Waals surface area (Å²) in [5, 5.41) is 0. The first-order valence-corrected chi connectivity index (χ1v) is 8.60. The Labute approximate surface area is 156 Å². The first-order chi connectivity index (χ1) is 12.4. The van der Waals surface area contributed by atoms with E-state index >= 15 is 0 Å². The van der Waals surface area contributed by atoms with Crippen molar-refractivity contribution in [1.82, 2.24) is 4.90 Å². The van der Waals surface area contributed by atoms with Crippen LogP contribution in [0.2, 0.25) is 0 Å². The Morgan fingerprint density at radius 1 is 1.22 bits per heavy atom. The topological polar surface area (TPSA) is 59.0 Å². The molecule has 2 atom stereocenters. The summed E-state index contributed by atoms with van der Waals surface area (Å²) >= 11 is 0. The van der Waals surface area contributed by atoms with Gasteiger partial charge < -0.3 is 9.64 Å². The standard InChI is InChI=1S/C19H23F3N2O3/c1-12-14(13-8-6-5-7-9-13)10-15(23-17(26)27-18(2,3)4)16(25)24(12)11-19(20,21)22/h5-9,12,14H,10-11H2,1-4H3/b23-15-/t12-,14-/m1/s1. The second-order valence-electron chi connectivity index (χ2n) is 7.55. The number of rotatable bonds is 2. The molecule has 0 unspecified atom stereocenters. The van der Waals surface area contributed by atoms with E-state index in [9.17, 15) is 22.8 Å². The molecule has 0 bridgehead atoms. The lowest BCUT2D eigenvalue weighted by Gasteiger charge is -2.40. The number of carbonyl (C=O) groups is 2. The minimum atomic E-state index is -4.56. The van der Waals surface area contributed by atoms with Crippen LogP contribution in [0.1, 0.15) is 45.6 Å². The Kier molecular flexibility index (Phi) is 5.97. The van der Waals surface area contributed by atoms with E-state index in [1.807, 2.05) is 0 Å². The average Bonchev–Trinajstić information content (AvgIpc) is 2.52. The zero-order chi connectivity index (χ0) is 20.4. The van der Waals surface area contributed by atoms with Gasteiger partial charge in [0.25, 0.3) is 5.91 Å². The first-order valence-electron chi connectivity index (χ1n) is 8.60. The zero-order valence-electron chi connectivity index (χ0n) is 15.7. The molecule has 2 amide bonds. The van der Waals surface area contributed by atoms with E-state index in [-0.39, 0.29) is 12.1 Å². The number of aliphatic imine (C=N–C) groups is 1. The molecule has 2 rings (SSSR count). The fraction of sp³-hybridized carbons (Fsp3) is 0.526. The van der Waals surface area contributed by atoms with E-state index in [0.29, 0.717) is 0 Å². The molecule has 0 radical (unpaired) electrons. The van der Waals surface area contributed by atoms with Crippen LogP contribution in [0.5, 0.6) is 0 Å². The monoisotopic (exact) mass is 384 g/mol. The Hall–Kier alpha value is -2.38. The highest BCUT2D eigenvalue weighted by Gasteiger charge is 2.43. The van der Waals surface area contributed by atoms with Crippen molar-refractivity contribution in [2.45, 2.75) is 57.9 Å². The Balaban J connectivity index is 2.38. The van der Waals surface area contributed by atoms with Gasteiger partial charge in [0.05, 0.1) is 0 Å². The molecule has 1 aliphatic heterocycles. The van der Waals surface area contributed by atoms with Crippen molar-refractivity contribution in [2.75, 3.05) is 6.54 Å². The highest BCUT2D eigenvalue weighted by atomic mass is 19.4. The van der Waals surface area contributed by atoms with Gasteiger partial charge in [-0.1, -0.05) is 30.3 Å². The van der Waals surface area contributed by atoms with E-state index in [1.54, 1.807) is 58.0 Å². The van der Waals surface area contributed by atoms with Crippen LogP contribution in [0.15, 0.2) is 35.3 Å². The van der Waals surface area contributed by atoms with Gasteiger partial charge in [0.1, 0.15) is 17.9 Å². The van der Waals surface area contributed by atoms with Gasteiger partial charge in [-0.05, 0) is 33.3 Å². The number of piperidine rings is 1. The fourth-order valence-electron chi connectivity index (χ4n) is 3.03. The lowest BCUT2D eigenvalue weighted by Crippen LogP contribution is -2.54. The second-order valence-corrected chi connectivity index (χ2v) is 7.55. The number of nitrogens with zero attached hydrogens (tertiary/aromatic N) is 2. The van der Waals surface area contributed by atoms with Crippen LogP contribution >= 0.6 is 0 Å². The number of hydrogen-bond donors (Lipinski definition) is 0. The molecular weight excluding hydrogens is 361 g/mol. The molecule has 0 N–H and O–H groups in total. The fourth-order valence-corrected chi connectivity index (χ4v) is 3.03. The van der Waals surface area contributed by atoms with Gasteiger partial charge in [0.2, 0.25) is 0 Å². The number of ether oxygens (including phenoxy) is 1. The van der Waals surface area contributed by atoms with Crippen LogP contribution in [0, 0.1) is 0 Å². The normalized spacial score (nSPS) is 22.9. The quantitative estimate of drug-likeness (QED) is 0.763. The molecule has 8 heteroatoms. The van der Waals surface area contributed by atoms with Gasteiger partial charge in [-0.25, -0.2) is 4.79 Å². The summed E-state index contributed by atoms with van der Waals surface area (Å²) in [7, 11) is 0. The molecule has 0 aromatic heterocycles. The number of amides is 2. The first kappa shape index (κ1) is 20.9. The maximum Gasteiger partial charge on any atom is 0.434 e. The molecule has 1 saturated heterocycles. The lowest BCUT2D eigenvalue weighted by atomic mass is 9.83. The molecule has 1 aliphatic rings. The molecule has 0 aliphatic carbocycles. The molecule has 5 nitrogen and oxygen atoms in total. The zero-order valence-corrected chi connectivity index (χ0v) is 15.7. The van der Waals surface area contributed by atoms with E-state index in [4.69, 9.17) is 4.74 Å². The minimum absolute atomic E-state index is 0.0671. The van der Waals surface area contributed by atoms with Crippen molar-refractivity contribution < 1.29 is 27.5 Å². The van der Waals surface area contributed by atoms with Crippen LogP contribution in [0.4, 0.5) is 18.0 Å². The summed E-state index contributed by atoms with van der Waals surface area (Å²) in [6, 6.07) is 8.22. The van der Waals surface area contributed by atoms with E-state index in [0.717, 1.165) is 10.5 Å². The van der Waals surface area contributed by atoms with Crippen LogP contribution in [-0.4, -0.2) is 47.0 Å². The number of alkyl halides is 3. The van der Waals surface area contributed by atoms with Gasteiger partial charge in [-0.2, -0.15) is 18.2 Å². The summed E-state index contributed by atoms with van der Waals surface area (Å²) in [6.07, 6.45) is -5.48. The second kappa shape index (κ2) is 7.70.